The predicted molar refractivity (Wildman–Crippen MR) is 74.6 cm³/mol. The van der Waals surface area contributed by atoms with E-state index in [1.54, 1.807) is 10.7 Å². The van der Waals surface area contributed by atoms with E-state index in [9.17, 15) is 4.79 Å². The molecule has 20 heavy (non-hydrogen) atoms. The van der Waals surface area contributed by atoms with E-state index in [-0.39, 0.29) is 12.5 Å². The van der Waals surface area contributed by atoms with Gasteiger partial charge in [0, 0.05) is 10.6 Å². The predicted octanol–water partition coefficient (Wildman–Crippen LogP) is 2.73. The zero-order chi connectivity index (χ0) is 14.7. The third-order valence-corrected chi connectivity index (χ3v) is 3.24. The fourth-order valence-electron chi connectivity index (χ4n) is 2.10. The lowest BCUT2D eigenvalue weighted by Gasteiger charge is -2.14. The maximum Gasteiger partial charge on any atom is 0.305 e. The Labute approximate surface area is 121 Å². The van der Waals surface area contributed by atoms with E-state index in [0.29, 0.717) is 17.3 Å². The summed E-state index contributed by atoms with van der Waals surface area (Å²) in [6.45, 7) is 3.83. The molecule has 1 aromatic heterocycles. The summed E-state index contributed by atoms with van der Waals surface area (Å²) in [7, 11) is 0. The number of hydrogen-bond acceptors (Lipinski definition) is 4. The van der Waals surface area contributed by atoms with Crippen molar-refractivity contribution in [2.45, 2.75) is 32.7 Å². The molecule has 0 saturated carbocycles. The van der Waals surface area contributed by atoms with Gasteiger partial charge in [-0.1, -0.05) is 18.5 Å². The largest absolute Gasteiger partial charge is 0.481 e. The lowest BCUT2D eigenvalue weighted by atomic mass is 10.1. The van der Waals surface area contributed by atoms with Gasteiger partial charge < -0.3 is 5.11 Å². The quantitative estimate of drug-likeness (QED) is 0.917. The molecule has 106 valence electrons. The molecule has 2 rings (SSSR count). The molecule has 1 N–H and O–H groups in total. The maximum atomic E-state index is 10.9. The maximum absolute atomic E-state index is 10.9. The second kappa shape index (κ2) is 6.00. The van der Waals surface area contributed by atoms with Crippen LogP contribution in [0.3, 0.4) is 0 Å². The molecule has 6 nitrogen and oxygen atoms in total. The van der Waals surface area contributed by atoms with Crippen molar-refractivity contribution >= 4 is 17.6 Å². The van der Waals surface area contributed by atoms with Crippen LogP contribution in [-0.2, 0) is 4.79 Å². The van der Waals surface area contributed by atoms with Crippen molar-refractivity contribution < 1.29 is 9.90 Å². The van der Waals surface area contributed by atoms with Crippen LogP contribution >= 0.6 is 11.6 Å². The molecule has 1 aromatic carbocycles. The Balaban J connectivity index is 2.43. The van der Waals surface area contributed by atoms with E-state index >= 15 is 0 Å². The second-order valence-corrected chi connectivity index (χ2v) is 5.06. The number of carboxylic acids is 1. The fourth-order valence-corrected chi connectivity index (χ4v) is 2.39. The first kappa shape index (κ1) is 14.5. The highest BCUT2D eigenvalue weighted by atomic mass is 35.5. The number of rotatable bonds is 5. The second-order valence-electron chi connectivity index (χ2n) is 4.62. The molecule has 1 atom stereocenters. The minimum Gasteiger partial charge on any atom is -0.481 e. The SMILES string of the molecule is CCC(CC(=O)O)n1nnnc1-c1cc(C)cc(Cl)c1. The zero-order valence-electron chi connectivity index (χ0n) is 11.2. The van der Waals surface area contributed by atoms with E-state index in [2.05, 4.69) is 15.5 Å². The van der Waals surface area contributed by atoms with E-state index in [1.807, 2.05) is 26.0 Å². The smallest absolute Gasteiger partial charge is 0.305 e. The Morgan fingerprint density at radius 1 is 1.45 bits per heavy atom. The van der Waals surface area contributed by atoms with Gasteiger partial charge in [0.1, 0.15) is 0 Å². The van der Waals surface area contributed by atoms with Gasteiger partial charge in [-0.15, -0.1) is 5.10 Å². The highest BCUT2D eigenvalue weighted by Gasteiger charge is 2.20. The summed E-state index contributed by atoms with van der Waals surface area (Å²) in [5.74, 6) is -0.343. The monoisotopic (exact) mass is 294 g/mol. The molecular formula is C13H15ClN4O2. The number of aliphatic carboxylic acids is 1. The number of hydrogen-bond donors (Lipinski definition) is 1. The zero-order valence-corrected chi connectivity index (χ0v) is 12.0. The number of carbonyl (C=O) groups is 1. The van der Waals surface area contributed by atoms with Gasteiger partial charge in [-0.2, -0.15) is 0 Å². The molecule has 1 heterocycles. The van der Waals surface area contributed by atoms with Crippen LogP contribution in [0.1, 0.15) is 31.4 Å². The highest BCUT2D eigenvalue weighted by Crippen LogP contribution is 2.26. The molecule has 0 aliphatic rings. The molecule has 0 aliphatic carbocycles. The van der Waals surface area contributed by atoms with Gasteiger partial charge in [-0.25, -0.2) is 4.68 Å². The third kappa shape index (κ3) is 3.14. The minimum atomic E-state index is -0.874. The molecule has 0 bridgehead atoms. The normalized spacial score (nSPS) is 12.3. The first-order valence-corrected chi connectivity index (χ1v) is 6.66. The van der Waals surface area contributed by atoms with Crippen molar-refractivity contribution in [1.29, 1.82) is 0 Å². The number of benzene rings is 1. The summed E-state index contributed by atoms with van der Waals surface area (Å²) in [5, 5.41) is 21.1. The van der Waals surface area contributed by atoms with Gasteiger partial charge in [0.05, 0.1) is 12.5 Å². The molecule has 0 radical (unpaired) electrons. The minimum absolute atomic E-state index is 0.0198. The number of aryl methyl sites for hydroxylation is 1. The van der Waals surface area contributed by atoms with E-state index in [1.165, 1.54) is 0 Å². The molecule has 7 heteroatoms. The first-order chi connectivity index (χ1) is 9.51. The van der Waals surface area contributed by atoms with Crippen molar-refractivity contribution in [1.82, 2.24) is 20.2 Å². The topological polar surface area (TPSA) is 80.9 Å². The van der Waals surface area contributed by atoms with Crippen LogP contribution in [-0.4, -0.2) is 31.3 Å². The van der Waals surface area contributed by atoms with Crippen molar-refractivity contribution in [3.8, 4) is 11.4 Å². The average molecular weight is 295 g/mol. The molecule has 0 amide bonds. The van der Waals surface area contributed by atoms with Crippen LogP contribution in [0, 0.1) is 6.92 Å². The van der Waals surface area contributed by atoms with E-state index in [0.717, 1.165) is 11.1 Å². The summed E-state index contributed by atoms with van der Waals surface area (Å²) >= 11 is 6.05. The van der Waals surface area contributed by atoms with Gasteiger partial charge in [0.25, 0.3) is 0 Å². The lowest BCUT2D eigenvalue weighted by molar-refractivity contribution is -0.138. The number of nitrogens with zero attached hydrogens (tertiary/aromatic N) is 4. The molecule has 2 aromatic rings. The molecule has 0 saturated heterocycles. The number of carboxylic acid groups (broad SMARTS) is 1. The summed E-state index contributed by atoms with van der Waals surface area (Å²) in [6, 6.07) is 5.25. The Morgan fingerprint density at radius 3 is 2.80 bits per heavy atom. The van der Waals surface area contributed by atoms with Gasteiger partial charge in [0.15, 0.2) is 5.82 Å². The van der Waals surface area contributed by atoms with Crippen molar-refractivity contribution in [2.75, 3.05) is 0 Å². The van der Waals surface area contributed by atoms with Gasteiger partial charge in [0.2, 0.25) is 0 Å². The number of aromatic nitrogens is 4. The van der Waals surface area contributed by atoms with Crippen molar-refractivity contribution in [2.24, 2.45) is 0 Å². The summed E-state index contributed by atoms with van der Waals surface area (Å²) in [4.78, 5) is 10.9. The number of tetrazole rings is 1. The highest BCUT2D eigenvalue weighted by molar-refractivity contribution is 6.30. The van der Waals surface area contributed by atoms with Crippen LogP contribution < -0.4 is 0 Å². The van der Waals surface area contributed by atoms with Gasteiger partial charge in [-0.3, -0.25) is 4.79 Å². The molecular weight excluding hydrogens is 280 g/mol. The van der Waals surface area contributed by atoms with Crippen LogP contribution in [0.5, 0.6) is 0 Å². The summed E-state index contributed by atoms with van der Waals surface area (Å²) in [5.41, 5.74) is 1.78. The Hall–Kier alpha value is -1.95. The van der Waals surface area contributed by atoms with E-state index in [4.69, 9.17) is 16.7 Å². The summed E-state index contributed by atoms with van der Waals surface area (Å²) < 4.78 is 1.55. The molecule has 0 aliphatic heterocycles. The summed E-state index contributed by atoms with van der Waals surface area (Å²) in [6.07, 6.45) is 0.609. The van der Waals surface area contributed by atoms with E-state index < -0.39 is 5.97 Å². The van der Waals surface area contributed by atoms with Crippen LogP contribution in [0.2, 0.25) is 5.02 Å². The standard InChI is InChI=1S/C13H15ClN4O2/c1-3-11(7-12(19)20)18-13(15-16-17-18)9-4-8(2)5-10(14)6-9/h4-6,11H,3,7H2,1-2H3,(H,19,20). The lowest BCUT2D eigenvalue weighted by Crippen LogP contribution is -2.15. The van der Waals surface area contributed by atoms with Crippen LogP contribution in [0.15, 0.2) is 18.2 Å². The Bertz CT molecular complexity index is 606. The molecule has 1 unspecified atom stereocenters. The Morgan fingerprint density at radius 2 is 2.20 bits per heavy atom. The van der Waals surface area contributed by atoms with Crippen molar-refractivity contribution in [3.63, 3.8) is 0 Å². The van der Waals surface area contributed by atoms with Gasteiger partial charge >= 0.3 is 5.97 Å². The molecule has 0 spiro atoms. The van der Waals surface area contributed by atoms with Crippen LogP contribution in [0.4, 0.5) is 0 Å². The third-order valence-electron chi connectivity index (χ3n) is 3.02. The first-order valence-electron chi connectivity index (χ1n) is 6.28. The molecule has 0 fully saturated rings. The van der Waals surface area contributed by atoms with Crippen LogP contribution in [0.25, 0.3) is 11.4 Å². The Kier molecular flexibility index (Phi) is 4.34. The average Bonchev–Trinajstić information content (AvgIpc) is 2.83. The number of halogens is 1. The fraction of sp³-hybridized carbons (Fsp3) is 0.385. The van der Waals surface area contributed by atoms with Gasteiger partial charge in [-0.05, 0) is 47.5 Å². The van der Waals surface area contributed by atoms with Crippen molar-refractivity contribution in [3.05, 3.63) is 28.8 Å².